The van der Waals surface area contributed by atoms with E-state index >= 15 is 0 Å². The molecule has 0 aliphatic carbocycles. The van der Waals surface area contributed by atoms with Gasteiger partial charge >= 0.3 is 0 Å². The predicted molar refractivity (Wildman–Crippen MR) is 85.6 cm³/mol. The number of thiophene rings is 1. The topological polar surface area (TPSA) is 61.3 Å². The van der Waals surface area contributed by atoms with Crippen molar-refractivity contribution in [3.8, 4) is 28.1 Å². The summed E-state index contributed by atoms with van der Waals surface area (Å²) in [6.07, 6.45) is 0. The summed E-state index contributed by atoms with van der Waals surface area (Å²) in [4.78, 5) is 0. The molecule has 0 radical (unpaired) electrons. The van der Waals surface area contributed by atoms with Gasteiger partial charge in [0.1, 0.15) is 11.4 Å². The lowest BCUT2D eigenvalue weighted by Crippen LogP contribution is -1.92. The van der Waals surface area contributed by atoms with Crippen LogP contribution in [-0.4, -0.2) is 11.8 Å². The number of hydrogen-bond acceptors (Lipinski definition) is 5. The van der Waals surface area contributed by atoms with E-state index in [1.807, 2.05) is 31.2 Å². The van der Waals surface area contributed by atoms with E-state index in [4.69, 9.17) is 15.0 Å². The Morgan fingerprint density at radius 3 is 2.62 bits per heavy atom. The number of hydrogen-bond donors (Lipinski definition) is 1. The van der Waals surface area contributed by atoms with Crippen molar-refractivity contribution < 1.29 is 9.26 Å². The van der Waals surface area contributed by atoms with E-state index in [9.17, 15) is 0 Å². The number of ether oxygens (including phenoxy) is 1. The zero-order valence-electron chi connectivity index (χ0n) is 11.9. The van der Waals surface area contributed by atoms with E-state index < -0.39 is 0 Å². The van der Waals surface area contributed by atoms with Crippen LogP contribution in [0.2, 0.25) is 0 Å². The van der Waals surface area contributed by atoms with E-state index in [1.54, 1.807) is 11.3 Å². The van der Waals surface area contributed by atoms with E-state index in [-0.39, 0.29) is 0 Å². The fourth-order valence-corrected chi connectivity index (χ4v) is 3.09. The molecule has 0 atom stereocenters. The fraction of sp³-hybridized carbons (Fsp3) is 0.188. The smallest absolute Gasteiger partial charge is 0.230 e. The molecule has 0 unspecified atom stereocenters. The Labute approximate surface area is 127 Å². The third-order valence-corrected chi connectivity index (χ3v) is 4.14. The number of anilines is 1. The van der Waals surface area contributed by atoms with Crippen LogP contribution in [0.5, 0.6) is 5.75 Å². The van der Waals surface area contributed by atoms with Crippen LogP contribution in [0.15, 0.2) is 39.5 Å². The second kappa shape index (κ2) is 5.61. The quantitative estimate of drug-likeness (QED) is 0.777. The summed E-state index contributed by atoms with van der Waals surface area (Å²) in [5.41, 5.74) is 10.8. The molecule has 0 bridgehead atoms. The number of nitrogens with two attached hydrogens (primary N) is 1. The lowest BCUT2D eigenvalue weighted by atomic mass is 10.0. The van der Waals surface area contributed by atoms with Gasteiger partial charge < -0.3 is 15.0 Å². The minimum atomic E-state index is 0.333. The zero-order valence-corrected chi connectivity index (χ0v) is 12.7. The van der Waals surface area contributed by atoms with Gasteiger partial charge in [0.25, 0.3) is 0 Å². The Kier molecular flexibility index (Phi) is 3.66. The molecule has 0 saturated heterocycles. The first-order valence-corrected chi connectivity index (χ1v) is 7.66. The molecule has 2 N–H and O–H groups in total. The molecule has 5 heteroatoms. The number of nitrogen functional groups attached to an aromatic ring is 1. The molecule has 2 heterocycles. The fourth-order valence-electron chi connectivity index (χ4n) is 2.25. The van der Waals surface area contributed by atoms with Crippen molar-refractivity contribution in [2.45, 2.75) is 13.8 Å². The van der Waals surface area contributed by atoms with Crippen LogP contribution in [0.25, 0.3) is 22.4 Å². The summed E-state index contributed by atoms with van der Waals surface area (Å²) in [6, 6.07) is 7.79. The molecule has 108 valence electrons. The van der Waals surface area contributed by atoms with Crippen molar-refractivity contribution in [1.82, 2.24) is 5.16 Å². The van der Waals surface area contributed by atoms with Crippen molar-refractivity contribution in [1.29, 1.82) is 0 Å². The molecule has 0 saturated carbocycles. The van der Waals surface area contributed by atoms with Crippen LogP contribution in [-0.2, 0) is 0 Å². The number of aryl methyl sites for hydroxylation is 1. The predicted octanol–water partition coefficient (Wildman–Crippen LogP) is 4.36. The normalized spacial score (nSPS) is 10.8. The molecule has 2 aromatic heterocycles. The first-order valence-electron chi connectivity index (χ1n) is 6.72. The van der Waals surface area contributed by atoms with Gasteiger partial charge in [0.05, 0.1) is 12.2 Å². The lowest BCUT2D eigenvalue weighted by Gasteiger charge is -2.05. The third-order valence-electron chi connectivity index (χ3n) is 3.28. The minimum absolute atomic E-state index is 0.333. The van der Waals surface area contributed by atoms with Gasteiger partial charge in [-0.3, -0.25) is 0 Å². The Bertz CT molecular complexity index is 744. The summed E-state index contributed by atoms with van der Waals surface area (Å²) in [5, 5.41) is 8.28. The molecule has 0 spiro atoms. The molecule has 4 nitrogen and oxygen atoms in total. The third kappa shape index (κ3) is 2.52. The maximum atomic E-state index is 5.97. The highest BCUT2D eigenvalue weighted by atomic mass is 32.1. The molecular formula is C16H16N2O2S. The van der Waals surface area contributed by atoms with E-state index in [2.05, 4.69) is 22.8 Å². The monoisotopic (exact) mass is 300 g/mol. The molecule has 0 aliphatic heterocycles. The molecule has 0 amide bonds. The van der Waals surface area contributed by atoms with Gasteiger partial charge in [0.2, 0.25) is 5.88 Å². The summed E-state index contributed by atoms with van der Waals surface area (Å²) < 4.78 is 10.7. The standard InChI is InChI=1S/C16H16N2O2S/c1-3-19-12-6-4-11(5-7-12)14-15(18-20-16(14)17)13-9-21-8-10(13)2/h4-9H,3,17H2,1-2H3. The Morgan fingerprint density at radius 1 is 1.24 bits per heavy atom. The van der Waals surface area contributed by atoms with Gasteiger partial charge in [0, 0.05) is 10.9 Å². The van der Waals surface area contributed by atoms with Gasteiger partial charge in [-0.15, -0.1) is 0 Å². The Hall–Kier alpha value is -2.27. The molecule has 0 aliphatic rings. The van der Waals surface area contributed by atoms with Crippen LogP contribution in [0.3, 0.4) is 0 Å². The Morgan fingerprint density at radius 2 is 2.00 bits per heavy atom. The SMILES string of the molecule is CCOc1ccc(-c2c(-c3cscc3C)noc2N)cc1. The van der Waals surface area contributed by atoms with Gasteiger partial charge in [-0.1, -0.05) is 17.3 Å². The summed E-state index contributed by atoms with van der Waals surface area (Å²) in [7, 11) is 0. The summed E-state index contributed by atoms with van der Waals surface area (Å²) >= 11 is 1.64. The highest BCUT2D eigenvalue weighted by molar-refractivity contribution is 7.08. The van der Waals surface area contributed by atoms with Crippen molar-refractivity contribution in [3.63, 3.8) is 0 Å². The second-order valence-corrected chi connectivity index (χ2v) is 5.44. The number of rotatable bonds is 4. The number of benzene rings is 1. The van der Waals surface area contributed by atoms with Crippen LogP contribution < -0.4 is 10.5 Å². The number of aromatic nitrogens is 1. The van der Waals surface area contributed by atoms with Crippen molar-refractivity contribution >= 4 is 17.2 Å². The first-order chi connectivity index (χ1) is 10.2. The van der Waals surface area contributed by atoms with E-state index in [0.717, 1.165) is 28.1 Å². The maximum Gasteiger partial charge on any atom is 0.230 e. The molecule has 3 rings (SSSR count). The van der Waals surface area contributed by atoms with Gasteiger partial charge in [0.15, 0.2) is 0 Å². The molecular weight excluding hydrogens is 284 g/mol. The highest BCUT2D eigenvalue weighted by Gasteiger charge is 2.19. The van der Waals surface area contributed by atoms with Crippen molar-refractivity contribution in [2.24, 2.45) is 0 Å². The van der Waals surface area contributed by atoms with Crippen LogP contribution in [0, 0.1) is 6.92 Å². The molecule has 21 heavy (non-hydrogen) atoms. The van der Waals surface area contributed by atoms with Gasteiger partial charge in [-0.2, -0.15) is 11.3 Å². The van der Waals surface area contributed by atoms with Crippen LogP contribution in [0.4, 0.5) is 5.88 Å². The molecule has 1 aromatic carbocycles. The summed E-state index contributed by atoms with van der Waals surface area (Å²) in [6.45, 7) is 4.66. The molecule has 3 aromatic rings. The van der Waals surface area contributed by atoms with Crippen LogP contribution >= 0.6 is 11.3 Å². The first kappa shape index (κ1) is 13.7. The zero-order chi connectivity index (χ0) is 14.8. The van der Waals surface area contributed by atoms with E-state index in [1.165, 1.54) is 5.56 Å². The van der Waals surface area contributed by atoms with Crippen molar-refractivity contribution in [2.75, 3.05) is 12.3 Å². The molecule has 0 fully saturated rings. The lowest BCUT2D eigenvalue weighted by molar-refractivity contribution is 0.340. The van der Waals surface area contributed by atoms with Gasteiger partial charge in [-0.25, -0.2) is 0 Å². The van der Waals surface area contributed by atoms with Crippen LogP contribution in [0.1, 0.15) is 12.5 Å². The second-order valence-electron chi connectivity index (χ2n) is 4.70. The maximum absolute atomic E-state index is 5.97. The Balaban J connectivity index is 2.06. The van der Waals surface area contributed by atoms with Crippen molar-refractivity contribution in [3.05, 3.63) is 40.6 Å². The summed E-state index contributed by atoms with van der Waals surface area (Å²) in [5.74, 6) is 1.17. The minimum Gasteiger partial charge on any atom is -0.494 e. The largest absolute Gasteiger partial charge is 0.494 e. The highest BCUT2D eigenvalue weighted by Crippen LogP contribution is 2.38. The number of nitrogens with zero attached hydrogens (tertiary/aromatic N) is 1. The van der Waals surface area contributed by atoms with Gasteiger partial charge in [-0.05, 0) is 42.5 Å². The average molecular weight is 300 g/mol. The average Bonchev–Trinajstić information content (AvgIpc) is 3.06. The van der Waals surface area contributed by atoms with E-state index in [0.29, 0.717) is 12.5 Å².